The van der Waals surface area contributed by atoms with E-state index in [9.17, 15) is 19.2 Å². The summed E-state index contributed by atoms with van der Waals surface area (Å²) in [5, 5.41) is 5.40. The fourth-order valence-corrected chi connectivity index (χ4v) is 10.9. The molecule has 1 saturated carbocycles. The van der Waals surface area contributed by atoms with Crippen LogP contribution in [-0.2, 0) is 29.7 Å². The van der Waals surface area contributed by atoms with E-state index in [2.05, 4.69) is 25.6 Å². The van der Waals surface area contributed by atoms with Crippen LogP contribution in [0.5, 0.6) is 0 Å². The van der Waals surface area contributed by atoms with E-state index in [-0.39, 0.29) is 40.9 Å². The highest BCUT2D eigenvalue weighted by Crippen LogP contribution is 2.54. The van der Waals surface area contributed by atoms with Gasteiger partial charge >= 0.3 is 12.2 Å². The summed E-state index contributed by atoms with van der Waals surface area (Å²) < 4.78 is 48.7. The van der Waals surface area contributed by atoms with Gasteiger partial charge in [0, 0.05) is 36.4 Å². The van der Waals surface area contributed by atoms with Crippen LogP contribution in [0.15, 0.2) is 91.1 Å². The number of rotatable bonds is 11. The van der Waals surface area contributed by atoms with Crippen LogP contribution in [0, 0.1) is 5.92 Å². The molecule has 15 nitrogen and oxygen atoms in total. The van der Waals surface area contributed by atoms with Gasteiger partial charge in [-0.2, -0.15) is 8.78 Å². The van der Waals surface area contributed by atoms with Crippen LogP contribution in [0.2, 0.25) is 0 Å². The standard InChI is InChI=1S/C51H52F2N8O7/c1-27(66-3)50(2,59-49(65)68-5)47(63)61-33-17-13-32(22-33)43(61)45-55-38-20-16-30(25-39(38)56-45)29-14-18-34-35-19-15-31(24-37(35)51(52,53)36(34)23-29)40-26-54-44(57-40)41-12-9-21-60(41)46(62)42(58-48(64)67-4)28-10-7-6-8-11-28/h6-8,10-11,14-16,18-20,23-27,32-33,41-43H,9,12-13,17,21-22H2,1-5H3,(H,54,57)(H,55,56)(H,58,64)(H,59,65)/t27-,32+,33-,41?,42-,43+,50+/m1/s1. The predicted molar refractivity (Wildman–Crippen MR) is 247 cm³/mol. The Morgan fingerprint density at radius 1 is 0.838 bits per heavy atom. The fourth-order valence-electron chi connectivity index (χ4n) is 10.9. The smallest absolute Gasteiger partial charge is 0.407 e. The van der Waals surface area contributed by atoms with E-state index < -0.39 is 41.8 Å². The van der Waals surface area contributed by atoms with Crippen molar-refractivity contribution < 1.29 is 42.2 Å². The van der Waals surface area contributed by atoms with Crippen molar-refractivity contribution in [3.63, 3.8) is 0 Å². The summed E-state index contributed by atoms with van der Waals surface area (Å²) in [7, 11) is 3.98. The highest BCUT2D eigenvalue weighted by atomic mass is 19.3. The van der Waals surface area contributed by atoms with E-state index in [0.717, 1.165) is 19.3 Å². The molecule has 2 aliphatic carbocycles. The number of hydrogen-bond acceptors (Lipinski definition) is 9. The van der Waals surface area contributed by atoms with Crippen molar-refractivity contribution in [3.8, 4) is 33.5 Å². The molecule has 4 N–H and O–H groups in total. The number of piperidine rings is 1. The average molecular weight is 927 g/mol. The first-order valence-electron chi connectivity index (χ1n) is 22.9. The predicted octanol–water partition coefficient (Wildman–Crippen LogP) is 8.70. The number of benzene rings is 4. The third-order valence-corrected chi connectivity index (χ3v) is 14.7. The molecule has 2 saturated heterocycles. The number of amides is 4. The lowest BCUT2D eigenvalue weighted by molar-refractivity contribution is -0.148. The summed E-state index contributed by atoms with van der Waals surface area (Å²) in [6.45, 7) is 3.83. The topological polar surface area (TPSA) is 184 Å². The molecule has 4 aliphatic rings. The molecule has 0 radical (unpaired) electrons. The number of ether oxygens (including phenoxy) is 3. The van der Waals surface area contributed by atoms with Crippen molar-refractivity contribution in [2.75, 3.05) is 27.9 Å². The Balaban J connectivity index is 0.891. The molecule has 0 spiro atoms. The lowest BCUT2D eigenvalue weighted by Crippen LogP contribution is -2.65. The van der Waals surface area contributed by atoms with Crippen molar-refractivity contribution in [2.24, 2.45) is 5.92 Å². The minimum Gasteiger partial charge on any atom is -0.453 e. The maximum Gasteiger partial charge on any atom is 0.407 e. The van der Waals surface area contributed by atoms with Gasteiger partial charge in [0.05, 0.1) is 55.3 Å². The zero-order valence-corrected chi connectivity index (χ0v) is 38.3. The maximum atomic E-state index is 16.7. The summed E-state index contributed by atoms with van der Waals surface area (Å²) in [6.07, 6.45) is 3.37. The Bertz CT molecular complexity index is 2960. The lowest BCUT2D eigenvalue weighted by Gasteiger charge is -2.42. The van der Waals surface area contributed by atoms with Crippen LogP contribution in [0.25, 0.3) is 44.5 Å². The minimum absolute atomic E-state index is 0.0349. The quantitative estimate of drug-likeness (QED) is 0.0987. The zero-order valence-electron chi connectivity index (χ0n) is 38.3. The average Bonchev–Trinajstić information content (AvgIpc) is 4.24. The largest absolute Gasteiger partial charge is 0.453 e. The van der Waals surface area contributed by atoms with Crippen molar-refractivity contribution in [1.82, 2.24) is 40.4 Å². The summed E-state index contributed by atoms with van der Waals surface area (Å²) in [5.41, 5.74) is 3.61. The first-order chi connectivity index (χ1) is 32.7. The Morgan fingerprint density at radius 2 is 1.53 bits per heavy atom. The number of hydrogen-bond donors (Lipinski definition) is 4. The van der Waals surface area contributed by atoms with Gasteiger partial charge in [-0.05, 0) is 104 Å². The molecule has 7 atom stereocenters. The molecule has 68 heavy (non-hydrogen) atoms. The highest BCUT2D eigenvalue weighted by Gasteiger charge is 2.55. The van der Waals surface area contributed by atoms with Gasteiger partial charge in [-0.1, -0.05) is 60.7 Å². The number of nitrogens with one attached hydrogen (secondary N) is 4. The number of carbonyl (C=O) groups excluding carboxylic acids is 4. The lowest BCUT2D eigenvalue weighted by atomic mass is 9.90. The Kier molecular flexibility index (Phi) is 11.3. The van der Waals surface area contributed by atoms with E-state index in [4.69, 9.17) is 19.2 Å². The Labute approximate surface area is 391 Å². The zero-order chi connectivity index (χ0) is 47.6. The molecule has 17 heteroatoms. The monoisotopic (exact) mass is 926 g/mol. The van der Waals surface area contributed by atoms with Gasteiger partial charge in [0.2, 0.25) is 0 Å². The molecule has 4 aromatic carbocycles. The number of alkyl carbamates (subject to hydrolysis) is 2. The third-order valence-electron chi connectivity index (χ3n) is 14.7. The van der Waals surface area contributed by atoms with Crippen molar-refractivity contribution >= 4 is 35.0 Å². The van der Waals surface area contributed by atoms with Crippen LogP contribution in [-0.4, -0.2) is 99.3 Å². The van der Waals surface area contributed by atoms with E-state index in [1.807, 2.05) is 35.2 Å². The number of carbonyl (C=O) groups is 4. The summed E-state index contributed by atoms with van der Waals surface area (Å²) in [6, 6.07) is 22.9. The van der Waals surface area contributed by atoms with Crippen LogP contribution in [0.4, 0.5) is 18.4 Å². The molecule has 4 heterocycles. The van der Waals surface area contributed by atoms with E-state index in [0.29, 0.717) is 81.1 Å². The van der Waals surface area contributed by atoms with Crippen molar-refractivity contribution in [1.29, 1.82) is 0 Å². The molecule has 10 rings (SSSR count). The maximum absolute atomic E-state index is 16.7. The Morgan fingerprint density at radius 3 is 2.25 bits per heavy atom. The first-order valence-corrected chi connectivity index (χ1v) is 22.9. The number of aromatic amines is 2. The van der Waals surface area contributed by atoms with Gasteiger partial charge in [-0.3, -0.25) is 9.59 Å². The number of imidazole rings is 2. The third kappa shape index (κ3) is 7.43. The van der Waals surface area contributed by atoms with Gasteiger partial charge in [0.15, 0.2) is 0 Å². The number of methoxy groups -OCH3 is 3. The highest BCUT2D eigenvalue weighted by molar-refractivity contribution is 5.92. The molecule has 2 aliphatic heterocycles. The molecule has 4 amide bonds. The van der Waals surface area contributed by atoms with E-state index in [1.54, 1.807) is 73.5 Å². The van der Waals surface area contributed by atoms with Gasteiger partial charge < -0.3 is 44.6 Å². The second-order valence-corrected chi connectivity index (χ2v) is 18.4. The van der Waals surface area contributed by atoms with Crippen LogP contribution < -0.4 is 10.6 Å². The molecule has 3 fully saturated rings. The number of alkyl halides is 2. The summed E-state index contributed by atoms with van der Waals surface area (Å²) >= 11 is 0. The number of aromatic nitrogens is 4. The second-order valence-electron chi connectivity index (χ2n) is 18.4. The van der Waals surface area contributed by atoms with Crippen molar-refractivity contribution in [3.05, 3.63) is 119 Å². The van der Waals surface area contributed by atoms with Gasteiger partial charge in [-0.15, -0.1) is 0 Å². The van der Waals surface area contributed by atoms with Gasteiger partial charge in [0.1, 0.15) is 23.2 Å². The second kappa shape index (κ2) is 17.2. The molecular formula is C51H52F2N8O7. The van der Waals surface area contributed by atoms with Crippen LogP contribution in [0.3, 0.4) is 0 Å². The number of H-pyrrole nitrogens is 2. The molecule has 352 valence electrons. The normalized spacial score (nSPS) is 21.8. The van der Waals surface area contributed by atoms with Crippen molar-refractivity contribution in [2.45, 2.75) is 87.7 Å². The SMILES string of the molecule is COC(=O)N[C@@H](C(=O)N1CCCC1c1ncc(-c2ccc3c(c2)C(F)(F)c2cc(-c4ccc5nc([C@@H]6[C@H]7CC[C@H](C7)N6C(=O)[C@@](C)(NC(=O)OC)[C@@H](C)OC)[nH]c5c4)ccc2-3)[nH]1)c1ccccc1. The summed E-state index contributed by atoms with van der Waals surface area (Å²) in [5.74, 6) is -2.61. The van der Waals surface area contributed by atoms with E-state index in [1.165, 1.54) is 27.4 Å². The number of fused-ring (bicyclic) bond motifs is 6. The first kappa shape index (κ1) is 44.7. The molecule has 6 aromatic rings. The molecule has 2 aromatic heterocycles. The molecule has 1 unspecified atom stereocenters. The Hall–Kier alpha value is -7.14. The number of nitrogens with zero attached hydrogens (tertiary/aromatic N) is 4. The van der Waals surface area contributed by atoms with Crippen LogP contribution in [0.1, 0.15) is 92.4 Å². The van der Waals surface area contributed by atoms with Gasteiger partial charge in [0.25, 0.3) is 17.7 Å². The number of halogens is 2. The molecular weight excluding hydrogens is 875 g/mol. The number of likely N-dealkylation sites (tertiary alicyclic amines) is 2. The van der Waals surface area contributed by atoms with E-state index >= 15 is 8.78 Å². The minimum atomic E-state index is -3.31. The summed E-state index contributed by atoms with van der Waals surface area (Å²) in [4.78, 5) is 73.2. The van der Waals surface area contributed by atoms with Gasteiger partial charge in [-0.25, -0.2) is 19.6 Å². The fraction of sp³-hybridized carbons (Fsp3) is 0.373. The van der Waals surface area contributed by atoms with Crippen LogP contribution >= 0.6 is 0 Å². The molecule has 2 bridgehead atoms.